The predicted octanol–water partition coefficient (Wildman–Crippen LogP) is 3.71. The molecule has 1 aliphatic heterocycles. The third kappa shape index (κ3) is 4.30. The van der Waals surface area contributed by atoms with Crippen LogP contribution in [0.2, 0.25) is 10.0 Å². The van der Waals surface area contributed by atoms with Crippen molar-refractivity contribution >= 4 is 34.9 Å². The molecule has 0 bridgehead atoms. The smallest absolute Gasteiger partial charge is 0.282 e. The molecule has 23 heavy (non-hydrogen) atoms. The third-order valence-electron chi connectivity index (χ3n) is 3.64. The van der Waals surface area contributed by atoms with Crippen molar-refractivity contribution in [2.45, 2.75) is 12.6 Å². The number of hydrogen-bond donors (Lipinski definition) is 1. The van der Waals surface area contributed by atoms with Crippen LogP contribution in [0.3, 0.4) is 0 Å². The second-order valence-corrected chi connectivity index (χ2v) is 6.29. The number of nitrogens with two attached hydrogens (primary N) is 1. The number of anilines is 1. The molecule has 6 heteroatoms. The zero-order chi connectivity index (χ0) is 16.2. The largest absolute Gasteiger partial charge is 0.463 e. The Labute approximate surface area is 145 Å². The number of benzene rings is 2. The summed E-state index contributed by atoms with van der Waals surface area (Å²) in [4.78, 5) is 6.54. The molecule has 1 unspecified atom stereocenters. The van der Waals surface area contributed by atoms with Gasteiger partial charge in [0.15, 0.2) is 0 Å². The molecule has 0 amide bonds. The van der Waals surface area contributed by atoms with Gasteiger partial charge in [0.05, 0.1) is 0 Å². The van der Waals surface area contributed by atoms with Gasteiger partial charge in [0.2, 0.25) is 0 Å². The summed E-state index contributed by atoms with van der Waals surface area (Å²) in [5.74, 6) is 0. The van der Waals surface area contributed by atoms with Gasteiger partial charge < -0.3 is 15.4 Å². The summed E-state index contributed by atoms with van der Waals surface area (Å²) in [6.45, 7) is 1.96. The average molecular weight is 350 g/mol. The molecule has 3 rings (SSSR count). The summed E-state index contributed by atoms with van der Waals surface area (Å²) < 4.78 is 5.25. The topological polar surface area (TPSA) is 50.8 Å². The van der Waals surface area contributed by atoms with Gasteiger partial charge in [-0.05, 0) is 42.0 Å². The second kappa shape index (κ2) is 7.11. The second-order valence-electron chi connectivity index (χ2n) is 5.42. The SMILES string of the molecule is NC1=NC(CN(Cc2ccc(Cl)cc2)c2ccc(Cl)cc2)CO1. The maximum Gasteiger partial charge on any atom is 0.282 e. The van der Waals surface area contributed by atoms with Crippen LogP contribution in [-0.4, -0.2) is 25.2 Å². The Morgan fingerprint density at radius 2 is 1.65 bits per heavy atom. The summed E-state index contributed by atoms with van der Waals surface area (Å²) in [5, 5.41) is 1.44. The summed E-state index contributed by atoms with van der Waals surface area (Å²) in [5.41, 5.74) is 7.85. The highest BCUT2D eigenvalue weighted by atomic mass is 35.5. The molecule has 1 heterocycles. The van der Waals surface area contributed by atoms with Crippen molar-refractivity contribution in [1.82, 2.24) is 0 Å². The Hall–Kier alpha value is -1.91. The molecule has 2 aromatic rings. The molecule has 2 N–H and O–H groups in total. The van der Waals surface area contributed by atoms with E-state index < -0.39 is 0 Å². The monoisotopic (exact) mass is 349 g/mol. The maximum atomic E-state index is 5.99. The third-order valence-corrected chi connectivity index (χ3v) is 4.15. The van der Waals surface area contributed by atoms with Gasteiger partial charge in [-0.3, -0.25) is 0 Å². The van der Waals surface area contributed by atoms with E-state index in [1.54, 1.807) is 0 Å². The van der Waals surface area contributed by atoms with Gasteiger partial charge in [0.1, 0.15) is 12.6 Å². The van der Waals surface area contributed by atoms with Gasteiger partial charge in [-0.2, -0.15) is 0 Å². The fraction of sp³-hybridized carbons (Fsp3) is 0.235. The Balaban J connectivity index is 1.80. The molecule has 0 saturated heterocycles. The van der Waals surface area contributed by atoms with Gasteiger partial charge in [-0.15, -0.1) is 0 Å². The Morgan fingerprint density at radius 3 is 2.22 bits per heavy atom. The number of ether oxygens (including phenoxy) is 1. The molecule has 0 aliphatic carbocycles. The number of halogens is 2. The molecule has 120 valence electrons. The van der Waals surface area contributed by atoms with Crippen molar-refractivity contribution in [3.8, 4) is 0 Å². The van der Waals surface area contributed by atoms with E-state index in [9.17, 15) is 0 Å². The Morgan fingerprint density at radius 1 is 1.04 bits per heavy atom. The molecule has 2 aromatic carbocycles. The van der Waals surface area contributed by atoms with Crippen molar-refractivity contribution in [2.75, 3.05) is 18.1 Å². The lowest BCUT2D eigenvalue weighted by molar-refractivity contribution is 0.313. The number of rotatable bonds is 5. The zero-order valence-electron chi connectivity index (χ0n) is 12.5. The van der Waals surface area contributed by atoms with Crippen molar-refractivity contribution in [1.29, 1.82) is 0 Å². The van der Waals surface area contributed by atoms with Crippen molar-refractivity contribution in [3.05, 3.63) is 64.1 Å². The minimum atomic E-state index is 0.0259. The van der Waals surface area contributed by atoms with Crippen LogP contribution in [-0.2, 0) is 11.3 Å². The summed E-state index contributed by atoms with van der Waals surface area (Å²) in [6.07, 6.45) is 0. The minimum Gasteiger partial charge on any atom is -0.463 e. The standard InChI is InChI=1S/C17H17Cl2N3O/c18-13-3-1-12(2-4-13)9-22(10-15-11-23-17(20)21-15)16-7-5-14(19)6-8-16/h1-8,15H,9-11H2,(H2,20,21). The molecule has 0 fully saturated rings. The number of nitrogens with zero attached hydrogens (tertiary/aromatic N) is 2. The van der Waals surface area contributed by atoms with Crippen LogP contribution in [0, 0.1) is 0 Å². The zero-order valence-corrected chi connectivity index (χ0v) is 14.0. The molecule has 0 radical (unpaired) electrons. The average Bonchev–Trinajstić information content (AvgIpc) is 2.95. The molecule has 4 nitrogen and oxygen atoms in total. The fourth-order valence-electron chi connectivity index (χ4n) is 2.51. The number of amidine groups is 1. The normalized spacial score (nSPS) is 16.8. The summed E-state index contributed by atoms with van der Waals surface area (Å²) in [6, 6.07) is 15.9. The molecule has 0 spiro atoms. The summed E-state index contributed by atoms with van der Waals surface area (Å²) >= 11 is 12.0. The van der Waals surface area contributed by atoms with Gasteiger partial charge in [0.25, 0.3) is 6.02 Å². The van der Waals surface area contributed by atoms with E-state index in [4.69, 9.17) is 33.7 Å². The number of hydrogen-bond acceptors (Lipinski definition) is 4. The number of aliphatic imine (C=N–C) groups is 1. The van der Waals surface area contributed by atoms with Gasteiger partial charge in [-0.25, -0.2) is 4.99 Å². The molecular formula is C17H17Cl2N3O. The van der Waals surface area contributed by atoms with Crippen LogP contribution in [0.4, 0.5) is 5.69 Å². The summed E-state index contributed by atoms with van der Waals surface area (Å²) in [7, 11) is 0. The van der Waals surface area contributed by atoms with Crippen molar-refractivity contribution < 1.29 is 4.74 Å². The van der Waals surface area contributed by atoms with Crippen LogP contribution in [0.25, 0.3) is 0 Å². The van der Waals surface area contributed by atoms with Crippen LogP contribution in [0.15, 0.2) is 53.5 Å². The van der Waals surface area contributed by atoms with Crippen LogP contribution < -0.4 is 10.6 Å². The van der Waals surface area contributed by atoms with Gasteiger partial charge >= 0.3 is 0 Å². The predicted molar refractivity (Wildman–Crippen MR) is 95.3 cm³/mol. The fourth-order valence-corrected chi connectivity index (χ4v) is 2.76. The lowest BCUT2D eigenvalue weighted by atomic mass is 10.1. The molecule has 1 atom stereocenters. The highest BCUT2D eigenvalue weighted by molar-refractivity contribution is 6.30. The van der Waals surface area contributed by atoms with Crippen LogP contribution in [0.5, 0.6) is 0 Å². The van der Waals surface area contributed by atoms with E-state index in [0.29, 0.717) is 18.2 Å². The van der Waals surface area contributed by atoms with E-state index >= 15 is 0 Å². The van der Waals surface area contributed by atoms with Crippen LogP contribution in [0.1, 0.15) is 5.56 Å². The van der Waals surface area contributed by atoms with Gasteiger partial charge in [0, 0.05) is 28.8 Å². The quantitative estimate of drug-likeness (QED) is 0.894. The molecule has 0 aromatic heterocycles. The van der Waals surface area contributed by atoms with E-state index in [1.807, 2.05) is 48.5 Å². The van der Waals surface area contributed by atoms with E-state index in [1.165, 1.54) is 5.56 Å². The maximum absolute atomic E-state index is 5.99. The van der Waals surface area contributed by atoms with E-state index in [2.05, 4.69) is 9.89 Å². The first-order chi connectivity index (χ1) is 11.1. The minimum absolute atomic E-state index is 0.0259. The van der Waals surface area contributed by atoms with Crippen LogP contribution >= 0.6 is 23.2 Å². The first-order valence-corrected chi connectivity index (χ1v) is 8.07. The van der Waals surface area contributed by atoms with Crippen molar-refractivity contribution in [3.63, 3.8) is 0 Å². The Bertz CT molecular complexity index is 686. The highest BCUT2D eigenvalue weighted by Gasteiger charge is 2.20. The van der Waals surface area contributed by atoms with Gasteiger partial charge in [-0.1, -0.05) is 35.3 Å². The molecule has 1 aliphatic rings. The van der Waals surface area contributed by atoms with Crippen molar-refractivity contribution in [2.24, 2.45) is 10.7 Å². The van der Waals surface area contributed by atoms with E-state index in [-0.39, 0.29) is 12.1 Å². The first-order valence-electron chi connectivity index (χ1n) is 7.31. The lowest BCUT2D eigenvalue weighted by Crippen LogP contribution is -2.32. The highest BCUT2D eigenvalue weighted by Crippen LogP contribution is 2.22. The Kier molecular flexibility index (Phi) is 4.94. The van der Waals surface area contributed by atoms with E-state index in [0.717, 1.165) is 17.3 Å². The molecule has 0 saturated carbocycles. The molecular weight excluding hydrogens is 333 g/mol. The first kappa shape index (κ1) is 16.0. The lowest BCUT2D eigenvalue weighted by Gasteiger charge is -2.26.